The molecule has 0 fully saturated rings. The quantitative estimate of drug-likeness (QED) is 0.705. The molecule has 20 heavy (non-hydrogen) atoms. The maximum absolute atomic E-state index is 4.63. The van der Waals surface area contributed by atoms with E-state index in [1.54, 1.807) is 0 Å². The SMILES string of the molecule is CCCCCN(c1c(CNCC)c(C)nn1C)C(C)C. The second-order valence-corrected chi connectivity index (χ2v) is 5.79. The molecule has 0 aromatic carbocycles. The van der Waals surface area contributed by atoms with Crippen molar-refractivity contribution in [3.8, 4) is 0 Å². The normalized spacial score (nSPS) is 11.3. The smallest absolute Gasteiger partial charge is 0.131 e. The van der Waals surface area contributed by atoms with Crippen molar-refractivity contribution in [3.05, 3.63) is 11.3 Å². The van der Waals surface area contributed by atoms with E-state index >= 15 is 0 Å². The van der Waals surface area contributed by atoms with Crippen LogP contribution in [0.15, 0.2) is 0 Å². The Hall–Kier alpha value is -1.03. The summed E-state index contributed by atoms with van der Waals surface area (Å²) < 4.78 is 2.05. The van der Waals surface area contributed by atoms with Crippen LogP contribution >= 0.6 is 0 Å². The van der Waals surface area contributed by atoms with Gasteiger partial charge in [-0.25, -0.2) is 0 Å². The lowest BCUT2D eigenvalue weighted by atomic mass is 10.1. The molecule has 116 valence electrons. The van der Waals surface area contributed by atoms with Crippen LogP contribution in [0.5, 0.6) is 0 Å². The van der Waals surface area contributed by atoms with Crippen molar-refractivity contribution < 1.29 is 0 Å². The molecule has 0 bridgehead atoms. The van der Waals surface area contributed by atoms with Crippen molar-refractivity contribution >= 4 is 5.82 Å². The van der Waals surface area contributed by atoms with Crippen LogP contribution in [-0.4, -0.2) is 28.9 Å². The fraction of sp³-hybridized carbons (Fsp3) is 0.812. The Bertz CT molecular complexity index is 395. The van der Waals surface area contributed by atoms with E-state index in [-0.39, 0.29) is 0 Å². The van der Waals surface area contributed by atoms with E-state index in [0.29, 0.717) is 6.04 Å². The van der Waals surface area contributed by atoms with Crippen molar-refractivity contribution in [3.63, 3.8) is 0 Å². The van der Waals surface area contributed by atoms with Crippen LogP contribution in [0.3, 0.4) is 0 Å². The Morgan fingerprint density at radius 3 is 2.50 bits per heavy atom. The number of nitrogens with one attached hydrogen (secondary N) is 1. The first-order chi connectivity index (χ1) is 9.52. The van der Waals surface area contributed by atoms with E-state index in [1.165, 1.54) is 30.6 Å². The Morgan fingerprint density at radius 2 is 1.95 bits per heavy atom. The zero-order valence-corrected chi connectivity index (χ0v) is 14.2. The fourth-order valence-electron chi connectivity index (χ4n) is 2.65. The number of aryl methyl sites for hydroxylation is 2. The third-order valence-corrected chi connectivity index (χ3v) is 3.76. The molecule has 0 unspecified atom stereocenters. The molecule has 4 heteroatoms. The first kappa shape index (κ1) is 17.0. The summed E-state index contributed by atoms with van der Waals surface area (Å²) in [5.74, 6) is 1.29. The molecule has 0 atom stereocenters. The Labute approximate surface area is 124 Å². The summed E-state index contributed by atoms with van der Waals surface area (Å²) in [4.78, 5) is 2.50. The van der Waals surface area contributed by atoms with Crippen molar-refractivity contribution in [1.29, 1.82) is 0 Å². The summed E-state index contributed by atoms with van der Waals surface area (Å²) >= 11 is 0. The number of hydrogen-bond donors (Lipinski definition) is 1. The van der Waals surface area contributed by atoms with Crippen molar-refractivity contribution in [2.45, 2.75) is 66.5 Å². The average molecular weight is 280 g/mol. The maximum Gasteiger partial charge on any atom is 0.131 e. The van der Waals surface area contributed by atoms with Crippen molar-refractivity contribution in [1.82, 2.24) is 15.1 Å². The minimum Gasteiger partial charge on any atom is -0.354 e. The first-order valence-corrected chi connectivity index (χ1v) is 8.02. The van der Waals surface area contributed by atoms with Gasteiger partial charge in [-0.3, -0.25) is 4.68 Å². The second kappa shape index (κ2) is 8.30. The topological polar surface area (TPSA) is 33.1 Å². The highest BCUT2D eigenvalue weighted by atomic mass is 15.4. The van der Waals surface area contributed by atoms with E-state index in [0.717, 1.165) is 25.3 Å². The van der Waals surface area contributed by atoms with Crippen LogP contribution < -0.4 is 10.2 Å². The minimum atomic E-state index is 0.502. The molecule has 0 aliphatic carbocycles. The molecule has 1 rings (SSSR count). The zero-order chi connectivity index (χ0) is 15.1. The van der Waals surface area contributed by atoms with Crippen LogP contribution in [0.1, 0.15) is 58.2 Å². The Balaban J connectivity index is 2.98. The number of nitrogens with zero attached hydrogens (tertiary/aromatic N) is 3. The third-order valence-electron chi connectivity index (χ3n) is 3.76. The van der Waals surface area contributed by atoms with Gasteiger partial charge in [-0.15, -0.1) is 0 Å². The van der Waals surface area contributed by atoms with Gasteiger partial charge < -0.3 is 10.2 Å². The molecule has 0 radical (unpaired) electrons. The van der Waals surface area contributed by atoms with Crippen LogP contribution in [0, 0.1) is 6.92 Å². The molecule has 0 spiro atoms. The summed E-state index contributed by atoms with van der Waals surface area (Å²) in [5, 5.41) is 8.07. The van der Waals surface area contributed by atoms with Gasteiger partial charge in [0, 0.05) is 31.7 Å². The van der Waals surface area contributed by atoms with E-state index in [9.17, 15) is 0 Å². The molecular formula is C16H32N4. The van der Waals surface area contributed by atoms with E-state index < -0.39 is 0 Å². The molecule has 0 aliphatic rings. The molecule has 0 saturated heterocycles. The Kier molecular flexibility index (Phi) is 7.06. The molecule has 1 aromatic rings. The van der Waals surface area contributed by atoms with Gasteiger partial charge in [0.1, 0.15) is 5.82 Å². The van der Waals surface area contributed by atoms with Gasteiger partial charge in [-0.2, -0.15) is 5.10 Å². The molecule has 0 amide bonds. The standard InChI is InChI=1S/C16H32N4/c1-7-9-10-11-20(13(3)4)16-15(12-17-8-2)14(5)18-19(16)6/h13,17H,7-12H2,1-6H3. The number of hydrogen-bond acceptors (Lipinski definition) is 3. The lowest BCUT2D eigenvalue weighted by Gasteiger charge is -2.30. The maximum atomic E-state index is 4.63. The highest BCUT2D eigenvalue weighted by Crippen LogP contribution is 2.25. The molecule has 4 nitrogen and oxygen atoms in total. The van der Waals surface area contributed by atoms with Gasteiger partial charge in [0.05, 0.1) is 5.69 Å². The van der Waals surface area contributed by atoms with E-state index in [2.05, 4.69) is 57.0 Å². The van der Waals surface area contributed by atoms with Gasteiger partial charge in [0.2, 0.25) is 0 Å². The lowest BCUT2D eigenvalue weighted by molar-refractivity contribution is 0.595. The van der Waals surface area contributed by atoms with E-state index in [4.69, 9.17) is 0 Å². The average Bonchev–Trinajstić information content (AvgIpc) is 2.66. The highest BCUT2D eigenvalue weighted by molar-refractivity contribution is 5.50. The van der Waals surface area contributed by atoms with Gasteiger partial charge in [0.15, 0.2) is 0 Å². The number of aromatic nitrogens is 2. The highest BCUT2D eigenvalue weighted by Gasteiger charge is 2.20. The van der Waals surface area contributed by atoms with Crippen molar-refractivity contribution in [2.24, 2.45) is 7.05 Å². The van der Waals surface area contributed by atoms with Crippen LogP contribution in [0.2, 0.25) is 0 Å². The minimum absolute atomic E-state index is 0.502. The predicted octanol–water partition coefficient (Wildman–Crippen LogP) is 3.24. The zero-order valence-electron chi connectivity index (χ0n) is 14.2. The fourth-order valence-corrected chi connectivity index (χ4v) is 2.65. The summed E-state index contributed by atoms with van der Waals surface area (Å²) in [6.45, 7) is 14.1. The summed E-state index contributed by atoms with van der Waals surface area (Å²) in [6, 6.07) is 0.502. The van der Waals surface area contributed by atoms with Crippen molar-refractivity contribution in [2.75, 3.05) is 18.0 Å². The summed E-state index contributed by atoms with van der Waals surface area (Å²) in [5.41, 5.74) is 2.49. The lowest BCUT2D eigenvalue weighted by Crippen LogP contribution is -2.34. The summed E-state index contributed by atoms with van der Waals surface area (Å²) in [6.07, 6.45) is 3.81. The monoisotopic (exact) mass is 280 g/mol. The number of unbranched alkanes of at least 4 members (excludes halogenated alkanes) is 2. The second-order valence-electron chi connectivity index (χ2n) is 5.79. The van der Waals surface area contributed by atoms with Gasteiger partial charge in [-0.1, -0.05) is 26.7 Å². The molecular weight excluding hydrogens is 248 g/mol. The van der Waals surface area contributed by atoms with Gasteiger partial charge in [-0.05, 0) is 33.7 Å². The molecule has 0 saturated carbocycles. The molecule has 1 aromatic heterocycles. The molecule has 1 heterocycles. The first-order valence-electron chi connectivity index (χ1n) is 8.02. The third kappa shape index (κ3) is 4.23. The summed E-state index contributed by atoms with van der Waals surface area (Å²) in [7, 11) is 2.06. The van der Waals surface area contributed by atoms with Crippen LogP contribution in [0.25, 0.3) is 0 Å². The number of rotatable bonds is 9. The van der Waals surface area contributed by atoms with Crippen LogP contribution in [0.4, 0.5) is 5.82 Å². The largest absolute Gasteiger partial charge is 0.354 e. The Morgan fingerprint density at radius 1 is 1.25 bits per heavy atom. The number of anilines is 1. The van der Waals surface area contributed by atoms with Crippen LogP contribution in [-0.2, 0) is 13.6 Å². The van der Waals surface area contributed by atoms with Gasteiger partial charge >= 0.3 is 0 Å². The molecule has 0 aliphatic heterocycles. The molecule has 1 N–H and O–H groups in total. The van der Waals surface area contributed by atoms with E-state index in [1.807, 2.05) is 4.68 Å². The van der Waals surface area contributed by atoms with Gasteiger partial charge in [0.25, 0.3) is 0 Å². The predicted molar refractivity (Wildman–Crippen MR) is 87.3 cm³/mol.